The van der Waals surface area contributed by atoms with Gasteiger partial charge in [0.1, 0.15) is 6.04 Å². The van der Waals surface area contributed by atoms with Gasteiger partial charge in [0.05, 0.1) is 19.1 Å². The van der Waals surface area contributed by atoms with E-state index in [0.29, 0.717) is 32.2 Å². The molecule has 0 aromatic carbocycles. The van der Waals surface area contributed by atoms with Gasteiger partial charge in [-0.05, 0) is 43.9 Å². The zero-order valence-electron chi connectivity index (χ0n) is 18.3. The van der Waals surface area contributed by atoms with Crippen LogP contribution in [0, 0.1) is 35.0 Å². The van der Waals surface area contributed by atoms with E-state index in [1.165, 1.54) is 0 Å². The molecule has 1 heterocycles. The van der Waals surface area contributed by atoms with E-state index in [4.69, 9.17) is 4.74 Å². The molecule has 1 saturated carbocycles. The third-order valence-electron chi connectivity index (χ3n) is 6.01. The minimum atomic E-state index is -2.63. The first-order valence-corrected chi connectivity index (χ1v) is 11.1. The summed E-state index contributed by atoms with van der Waals surface area (Å²) in [6.07, 6.45) is 1.42. The van der Waals surface area contributed by atoms with Crippen molar-refractivity contribution < 1.29 is 27.9 Å². The Morgan fingerprint density at radius 3 is 2.52 bits per heavy atom. The number of alkyl halides is 2. The lowest BCUT2D eigenvalue weighted by molar-refractivity contribution is -0.149. The van der Waals surface area contributed by atoms with Gasteiger partial charge in [-0.3, -0.25) is 14.4 Å². The summed E-state index contributed by atoms with van der Waals surface area (Å²) in [5.41, 5.74) is 0. The number of halogens is 2. The normalized spacial score (nSPS) is 23.0. The quantitative estimate of drug-likeness (QED) is 0.507. The molecule has 1 saturated heterocycles. The average molecular weight is 442 g/mol. The van der Waals surface area contributed by atoms with Crippen molar-refractivity contribution in [1.82, 2.24) is 10.6 Å². The van der Waals surface area contributed by atoms with Crippen LogP contribution in [0.1, 0.15) is 65.2 Å². The van der Waals surface area contributed by atoms with Crippen LogP contribution in [0.3, 0.4) is 0 Å². The molecule has 9 heteroatoms. The van der Waals surface area contributed by atoms with E-state index in [1.807, 2.05) is 19.9 Å². The van der Waals surface area contributed by atoms with Crippen LogP contribution in [0.15, 0.2) is 0 Å². The highest BCUT2D eigenvalue weighted by Gasteiger charge is 2.35. The Bertz CT molecular complexity index is 683. The number of hydrogen-bond donors (Lipinski definition) is 2. The van der Waals surface area contributed by atoms with E-state index >= 15 is 0 Å². The number of esters is 1. The van der Waals surface area contributed by atoms with Crippen molar-refractivity contribution in [2.75, 3.05) is 13.2 Å². The Labute approximate surface area is 182 Å². The number of carbonyl (C=O) groups excluding carboxylic acids is 3. The second-order valence-corrected chi connectivity index (χ2v) is 9.22. The molecule has 174 valence electrons. The molecule has 2 rings (SSSR count). The fraction of sp³-hybridized carbons (Fsp3) is 0.818. The first-order valence-electron chi connectivity index (χ1n) is 11.1. The summed E-state index contributed by atoms with van der Waals surface area (Å²) in [5.74, 6) is -4.59. The van der Waals surface area contributed by atoms with Crippen LogP contribution < -0.4 is 10.6 Å². The summed E-state index contributed by atoms with van der Waals surface area (Å²) in [6.45, 7) is 4.51. The molecule has 1 aliphatic carbocycles. The number of amides is 2. The van der Waals surface area contributed by atoms with Gasteiger partial charge in [-0.1, -0.05) is 13.8 Å². The summed E-state index contributed by atoms with van der Waals surface area (Å²) >= 11 is 0. The van der Waals surface area contributed by atoms with Crippen LogP contribution in [0.5, 0.6) is 0 Å². The fourth-order valence-corrected chi connectivity index (χ4v) is 4.18. The molecule has 2 N–H and O–H groups in total. The highest BCUT2D eigenvalue weighted by atomic mass is 19.3. The zero-order chi connectivity index (χ0) is 23.0. The third kappa shape index (κ3) is 8.42. The third-order valence-corrected chi connectivity index (χ3v) is 6.01. The first-order chi connectivity index (χ1) is 14.6. The van der Waals surface area contributed by atoms with Crippen LogP contribution in [-0.4, -0.2) is 42.9 Å². The number of nitriles is 1. The molecule has 31 heavy (non-hydrogen) atoms. The van der Waals surface area contributed by atoms with E-state index in [0.717, 1.165) is 0 Å². The molecular weight excluding hydrogens is 408 g/mol. The van der Waals surface area contributed by atoms with Gasteiger partial charge < -0.3 is 15.4 Å². The maximum absolute atomic E-state index is 13.2. The van der Waals surface area contributed by atoms with Gasteiger partial charge in [-0.2, -0.15) is 5.26 Å². The van der Waals surface area contributed by atoms with Gasteiger partial charge in [-0.25, -0.2) is 8.78 Å². The van der Waals surface area contributed by atoms with Crippen molar-refractivity contribution in [3.05, 3.63) is 0 Å². The first kappa shape index (κ1) is 25.0. The fourth-order valence-electron chi connectivity index (χ4n) is 4.18. The van der Waals surface area contributed by atoms with Crippen molar-refractivity contribution in [1.29, 1.82) is 5.26 Å². The number of hydrogen-bond acceptors (Lipinski definition) is 5. The van der Waals surface area contributed by atoms with E-state index in [2.05, 4.69) is 10.6 Å². The molecule has 0 aromatic heterocycles. The highest BCUT2D eigenvalue weighted by molar-refractivity contribution is 5.84. The summed E-state index contributed by atoms with van der Waals surface area (Å²) in [7, 11) is 0. The number of carbonyl (C=O) groups is 3. The Morgan fingerprint density at radius 2 is 1.97 bits per heavy atom. The highest BCUT2D eigenvalue weighted by Crippen LogP contribution is 2.36. The lowest BCUT2D eigenvalue weighted by atomic mass is 9.87. The molecule has 3 atom stereocenters. The van der Waals surface area contributed by atoms with Gasteiger partial charge >= 0.3 is 5.97 Å². The maximum Gasteiger partial charge on any atom is 0.306 e. The minimum absolute atomic E-state index is 0.0820. The van der Waals surface area contributed by atoms with E-state index in [9.17, 15) is 28.4 Å². The van der Waals surface area contributed by atoms with Crippen LogP contribution in [0.2, 0.25) is 0 Å². The SMILES string of the molecule is CC(C)CC(CC(=O)OCC1CCC(F)(F)CC1)C(=O)NC(C#N)CC1CCNC1=O. The van der Waals surface area contributed by atoms with E-state index < -0.39 is 29.8 Å². The smallest absolute Gasteiger partial charge is 0.306 e. The van der Waals surface area contributed by atoms with Gasteiger partial charge in [0.25, 0.3) is 0 Å². The molecule has 7 nitrogen and oxygen atoms in total. The Hall–Kier alpha value is -2.24. The van der Waals surface area contributed by atoms with Crippen molar-refractivity contribution in [2.24, 2.45) is 23.7 Å². The van der Waals surface area contributed by atoms with Crippen LogP contribution in [0.25, 0.3) is 0 Å². The van der Waals surface area contributed by atoms with Crippen LogP contribution in [-0.2, 0) is 19.1 Å². The van der Waals surface area contributed by atoms with Crippen LogP contribution in [0.4, 0.5) is 8.78 Å². The molecule has 2 fully saturated rings. The maximum atomic E-state index is 13.2. The monoisotopic (exact) mass is 441 g/mol. The average Bonchev–Trinajstić information content (AvgIpc) is 3.10. The molecule has 0 bridgehead atoms. The van der Waals surface area contributed by atoms with E-state index in [-0.39, 0.29) is 56.0 Å². The molecule has 0 radical (unpaired) electrons. The lowest BCUT2D eigenvalue weighted by Crippen LogP contribution is -2.41. The predicted molar refractivity (Wildman–Crippen MR) is 109 cm³/mol. The zero-order valence-corrected chi connectivity index (χ0v) is 18.3. The minimum Gasteiger partial charge on any atom is -0.465 e. The summed E-state index contributed by atoms with van der Waals surface area (Å²) in [4.78, 5) is 36.8. The van der Waals surface area contributed by atoms with Crippen molar-refractivity contribution >= 4 is 17.8 Å². The Morgan fingerprint density at radius 1 is 1.29 bits per heavy atom. The van der Waals surface area contributed by atoms with Gasteiger partial charge in [0, 0.05) is 31.2 Å². The molecule has 3 unspecified atom stereocenters. The molecule has 0 aromatic rings. The molecule has 2 amide bonds. The Balaban J connectivity index is 1.84. The predicted octanol–water partition coefficient (Wildman–Crippen LogP) is 2.94. The molecular formula is C22H33F2N3O4. The standard InChI is InChI=1S/C22H33F2N3O4/c1-14(2)9-17(11-19(28)31-13-15-3-6-22(23,24)7-4-15)21(30)27-18(12-25)10-16-5-8-26-20(16)29/h14-18H,3-11,13H2,1-2H3,(H,26,29)(H,27,30). The van der Waals surface area contributed by atoms with E-state index in [1.54, 1.807) is 0 Å². The topological polar surface area (TPSA) is 108 Å². The molecule has 1 aliphatic heterocycles. The summed E-state index contributed by atoms with van der Waals surface area (Å²) < 4.78 is 31.8. The summed E-state index contributed by atoms with van der Waals surface area (Å²) in [5, 5.41) is 14.8. The number of nitrogens with one attached hydrogen (secondary N) is 2. The van der Waals surface area contributed by atoms with Gasteiger partial charge in [0.2, 0.25) is 17.7 Å². The molecule has 2 aliphatic rings. The Kier molecular flexibility index (Phi) is 9.20. The van der Waals surface area contributed by atoms with Crippen molar-refractivity contribution in [3.8, 4) is 6.07 Å². The molecule has 0 spiro atoms. The number of ether oxygens (including phenoxy) is 1. The van der Waals surface area contributed by atoms with Gasteiger partial charge in [0.15, 0.2) is 0 Å². The van der Waals surface area contributed by atoms with Gasteiger partial charge in [-0.15, -0.1) is 0 Å². The van der Waals surface area contributed by atoms with Crippen LogP contribution >= 0.6 is 0 Å². The van der Waals surface area contributed by atoms with Crippen molar-refractivity contribution in [2.45, 2.75) is 77.2 Å². The largest absolute Gasteiger partial charge is 0.465 e. The number of nitrogens with zero attached hydrogens (tertiary/aromatic N) is 1. The second kappa shape index (κ2) is 11.4. The van der Waals surface area contributed by atoms with Crippen molar-refractivity contribution in [3.63, 3.8) is 0 Å². The number of rotatable bonds is 10. The lowest BCUT2D eigenvalue weighted by Gasteiger charge is -2.28. The second-order valence-electron chi connectivity index (χ2n) is 9.22. The summed E-state index contributed by atoms with van der Waals surface area (Å²) in [6, 6.07) is 1.22.